The molecule has 17 heavy (non-hydrogen) atoms. The minimum absolute atomic E-state index is 0.662. The van der Waals surface area contributed by atoms with Crippen LogP contribution in [0, 0.1) is 0 Å². The molecule has 0 saturated heterocycles. The van der Waals surface area contributed by atoms with Crippen LogP contribution in [0.25, 0.3) is 0 Å². The molecule has 1 aromatic carbocycles. The topological polar surface area (TPSA) is 42.7 Å². The summed E-state index contributed by atoms with van der Waals surface area (Å²) in [6, 6.07) is 8.67. The summed E-state index contributed by atoms with van der Waals surface area (Å²) >= 11 is 0. The molecule has 1 atom stereocenters. The highest BCUT2D eigenvalue weighted by Crippen LogP contribution is 2.33. The van der Waals surface area contributed by atoms with Crippen molar-refractivity contribution in [3.63, 3.8) is 0 Å². The van der Waals surface area contributed by atoms with E-state index in [2.05, 4.69) is 39.7 Å². The lowest BCUT2D eigenvalue weighted by Gasteiger charge is -2.30. The minimum atomic E-state index is 0.662. The molecular weight excluding hydrogens is 212 g/mol. The van der Waals surface area contributed by atoms with Gasteiger partial charge in [0, 0.05) is 19.5 Å². The Morgan fingerprint density at radius 1 is 1.41 bits per heavy atom. The average Bonchev–Trinajstić information content (AvgIpc) is 2.71. The standard InChI is InChI=1S/C13H16N4/c1-17-9-15-13(16-17)8-14-7-11-6-10-4-2-3-5-12(10)11/h2-5,9,11,14H,6-8H2,1H3. The molecule has 1 N–H and O–H groups in total. The van der Waals surface area contributed by atoms with Crippen LogP contribution in [0.2, 0.25) is 0 Å². The third-order valence-corrected chi connectivity index (χ3v) is 3.28. The van der Waals surface area contributed by atoms with Crippen molar-refractivity contribution in [1.29, 1.82) is 0 Å². The first-order valence-electron chi connectivity index (χ1n) is 5.96. The minimum Gasteiger partial charge on any atom is -0.309 e. The molecule has 2 aromatic rings. The van der Waals surface area contributed by atoms with E-state index < -0.39 is 0 Å². The molecule has 1 unspecified atom stereocenters. The van der Waals surface area contributed by atoms with Crippen molar-refractivity contribution in [2.45, 2.75) is 18.9 Å². The number of nitrogens with one attached hydrogen (secondary N) is 1. The van der Waals surface area contributed by atoms with Crippen molar-refractivity contribution in [2.24, 2.45) is 7.05 Å². The van der Waals surface area contributed by atoms with Crippen LogP contribution in [0.1, 0.15) is 22.9 Å². The maximum atomic E-state index is 4.24. The Bertz CT molecular complexity index is 518. The maximum absolute atomic E-state index is 4.24. The van der Waals surface area contributed by atoms with E-state index in [4.69, 9.17) is 0 Å². The molecule has 0 radical (unpaired) electrons. The van der Waals surface area contributed by atoms with Gasteiger partial charge in [0.15, 0.2) is 5.82 Å². The van der Waals surface area contributed by atoms with Crippen molar-refractivity contribution >= 4 is 0 Å². The number of aromatic nitrogens is 3. The van der Waals surface area contributed by atoms with Crippen molar-refractivity contribution < 1.29 is 0 Å². The number of rotatable bonds is 4. The summed E-state index contributed by atoms with van der Waals surface area (Å²) in [6.45, 7) is 1.76. The Morgan fingerprint density at radius 3 is 3.06 bits per heavy atom. The van der Waals surface area contributed by atoms with Crippen LogP contribution in [0.4, 0.5) is 0 Å². The van der Waals surface area contributed by atoms with E-state index in [1.807, 2.05) is 7.05 Å². The Labute approximate surface area is 101 Å². The molecule has 1 aliphatic carbocycles. The van der Waals surface area contributed by atoms with Gasteiger partial charge in [-0.1, -0.05) is 24.3 Å². The normalized spacial score (nSPS) is 17.6. The van der Waals surface area contributed by atoms with Gasteiger partial charge in [0.2, 0.25) is 0 Å². The molecule has 4 heteroatoms. The van der Waals surface area contributed by atoms with Gasteiger partial charge in [-0.25, -0.2) is 4.98 Å². The highest BCUT2D eigenvalue weighted by Gasteiger charge is 2.24. The van der Waals surface area contributed by atoms with Crippen molar-refractivity contribution in [1.82, 2.24) is 20.1 Å². The Balaban J connectivity index is 1.51. The van der Waals surface area contributed by atoms with Crippen LogP contribution in [-0.2, 0) is 20.0 Å². The molecule has 88 valence electrons. The lowest BCUT2D eigenvalue weighted by Crippen LogP contribution is -2.29. The SMILES string of the molecule is Cn1cnc(CNCC2Cc3ccccc32)n1. The second-order valence-electron chi connectivity index (χ2n) is 4.57. The van der Waals surface area contributed by atoms with Gasteiger partial charge in [-0.05, 0) is 17.5 Å². The summed E-state index contributed by atoms with van der Waals surface area (Å²) in [4.78, 5) is 4.19. The molecule has 0 amide bonds. The van der Waals surface area contributed by atoms with Crippen LogP contribution in [-0.4, -0.2) is 21.3 Å². The van der Waals surface area contributed by atoms with E-state index in [-0.39, 0.29) is 0 Å². The molecule has 3 rings (SSSR count). The number of nitrogens with zero attached hydrogens (tertiary/aromatic N) is 3. The van der Waals surface area contributed by atoms with Crippen LogP contribution in [0.15, 0.2) is 30.6 Å². The summed E-state index contributed by atoms with van der Waals surface area (Å²) in [5, 5.41) is 7.66. The highest BCUT2D eigenvalue weighted by atomic mass is 15.3. The summed E-state index contributed by atoms with van der Waals surface area (Å²) in [6.07, 6.45) is 2.93. The third-order valence-electron chi connectivity index (χ3n) is 3.28. The van der Waals surface area contributed by atoms with Gasteiger partial charge in [0.05, 0.1) is 6.54 Å². The average molecular weight is 228 g/mol. The second-order valence-corrected chi connectivity index (χ2v) is 4.57. The predicted octanol–water partition coefficient (Wildman–Crippen LogP) is 1.24. The van der Waals surface area contributed by atoms with Crippen molar-refractivity contribution in [2.75, 3.05) is 6.54 Å². The molecule has 0 aliphatic heterocycles. The van der Waals surface area contributed by atoms with Crippen molar-refractivity contribution in [3.8, 4) is 0 Å². The zero-order valence-corrected chi connectivity index (χ0v) is 9.93. The second kappa shape index (κ2) is 4.30. The first-order valence-corrected chi connectivity index (χ1v) is 5.96. The Hall–Kier alpha value is -1.68. The monoisotopic (exact) mass is 228 g/mol. The first kappa shape index (κ1) is 10.5. The lowest BCUT2D eigenvalue weighted by molar-refractivity contribution is 0.527. The van der Waals surface area contributed by atoms with Gasteiger partial charge in [-0.15, -0.1) is 0 Å². The van der Waals surface area contributed by atoms with Gasteiger partial charge in [0.1, 0.15) is 6.33 Å². The molecule has 0 bridgehead atoms. The van der Waals surface area contributed by atoms with E-state index in [1.165, 1.54) is 17.5 Å². The summed E-state index contributed by atoms with van der Waals surface area (Å²) in [5.74, 6) is 1.52. The predicted molar refractivity (Wildman–Crippen MR) is 65.6 cm³/mol. The summed E-state index contributed by atoms with van der Waals surface area (Å²) in [5.41, 5.74) is 2.99. The number of fused-ring (bicyclic) bond motifs is 1. The van der Waals surface area contributed by atoms with Crippen molar-refractivity contribution in [3.05, 3.63) is 47.5 Å². The lowest BCUT2D eigenvalue weighted by atomic mass is 9.78. The van der Waals surface area contributed by atoms with E-state index in [0.717, 1.165) is 18.9 Å². The zero-order chi connectivity index (χ0) is 11.7. The fraction of sp³-hybridized carbons (Fsp3) is 0.385. The molecule has 1 aromatic heterocycles. The van der Waals surface area contributed by atoms with Gasteiger partial charge in [-0.3, -0.25) is 4.68 Å². The van der Waals surface area contributed by atoms with E-state index in [9.17, 15) is 0 Å². The molecule has 4 nitrogen and oxygen atoms in total. The van der Waals surface area contributed by atoms with Gasteiger partial charge in [0.25, 0.3) is 0 Å². The zero-order valence-electron chi connectivity index (χ0n) is 9.93. The third kappa shape index (κ3) is 2.08. The largest absolute Gasteiger partial charge is 0.309 e. The summed E-state index contributed by atoms with van der Waals surface area (Å²) in [7, 11) is 1.89. The van der Waals surface area contributed by atoms with E-state index >= 15 is 0 Å². The quantitative estimate of drug-likeness (QED) is 0.856. The highest BCUT2D eigenvalue weighted by molar-refractivity contribution is 5.40. The van der Waals surface area contributed by atoms with Crippen LogP contribution in [0.3, 0.4) is 0 Å². The van der Waals surface area contributed by atoms with E-state index in [1.54, 1.807) is 11.0 Å². The van der Waals surface area contributed by atoms with Gasteiger partial charge < -0.3 is 5.32 Å². The van der Waals surface area contributed by atoms with Crippen LogP contribution in [0.5, 0.6) is 0 Å². The number of aryl methyl sites for hydroxylation is 1. The first-order chi connectivity index (χ1) is 8.33. The van der Waals surface area contributed by atoms with Crippen LogP contribution >= 0.6 is 0 Å². The molecule has 0 saturated carbocycles. The fourth-order valence-electron chi connectivity index (χ4n) is 2.37. The number of hydrogen-bond acceptors (Lipinski definition) is 3. The Kier molecular flexibility index (Phi) is 2.65. The maximum Gasteiger partial charge on any atom is 0.164 e. The number of benzene rings is 1. The Morgan fingerprint density at radius 2 is 2.29 bits per heavy atom. The number of hydrogen-bond donors (Lipinski definition) is 1. The molecule has 0 spiro atoms. The molecule has 1 heterocycles. The molecule has 1 aliphatic rings. The molecular formula is C13H16N4. The van der Waals surface area contributed by atoms with E-state index in [0.29, 0.717) is 5.92 Å². The fourth-order valence-corrected chi connectivity index (χ4v) is 2.37. The summed E-state index contributed by atoms with van der Waals surface area (Å²) < 4.78 is 1.73. The molecule has 0 fully saturated rings. The smallest absolute Gasteiger partial charge is 0.164 e. The van der Waals surface area contributed by atoms with Gasteiger partial charge in [-0.2, -0.15) is 5.10 Å². The van der Waals surface area contributed by atoms with Crippen LogP contribution < -0.4 is 5.32 Å². The van der Waals surface area contributed by atoms with Gasteiger partial charge >= 0.3 is 0 Å².